The highest BCUT2D eigenvalue weighted by Crippen LogP contribution is 2.38. The number of nitrogens with one attached hydrogen (secondary N) is 1. The largest absolute Gasteiger partial charge is 0.473 e. The molecule has 0 saturated heterocycles. The van der Waals surface area contributed by atoms with Crippen LogP contribution < -0.4 is 15.5 Å². The Morgan fingerprint density at radius 1 is 1.14 bits per heavy atom. The molecule has 1 amide bonds. The van der Waals surface area contributed by atoms with Gasteiger partial charge in [0.05, 0.1) is 10.9 Å². The van der Waals surface area contributed by atoms with Crippen LogP contribution in [-0.4, -0.2) is 12.0 Å². The molecule has 35 heavy (non-hydrogen) atoms. The van der Waals surface area contributed by atoms with Gasteiger partial charge in [-0.15, -0.1) is 11.3 Å². The molecule has 7 heteroatoms. The number of amides is 1. The van der Waals surface area contributed by atoms with E-state index in [4.69, 9.17) is 9.15 Å². The molecule has 0 spiro atoms. The van der Waals surface area contributed by atoms with Gasteiger partial charge in [0.2, 0.25) is 11.2 Å². The summed E-state index contributed by atoms with van der Waals surface area (Å²) < 4.78 is 12.2. The van der Waals surface area contributed by atoms with Gasteiger partial charge in [0, 0.05) is 10.4 Å². The van der Waals surface area contributed by atoms with Crippen LogP contribution in [-0.2, 0) is 17.6 Å². The van der Waals surface area contributed by atoms with E-state index in [1.165, 1.54) is 16.2 Å². The molecule has 1 atom stereocenters. The van der Waals surface area contributed by atoms with Gasteiger partial charge in [-0.25, -0.2) is 0 Å². The Bertz CT molecular complexity index is 1500. The summed E-state index contributed by atoms with van der Waals surface area (Å²) >= 11 is 1.46. The number of para-hydroxylation sites is 1. The molecular weight excluding hydrogens is 460 g/mol. The van der Waals surface area contributed by atoms with Gasteiger partial charge < -0.3 is 14.5 Å². The first-order valence-corrected chi connectivity index (χ1v) is 12.6. The van der Waals surface area contributed by atoms with E-state index in [2.05, 4.69) is 11.4 Å². The molecule has 4 aromatic rings. The normalized spacial score (nSPS) is 13.6. The lowest BCUT2D eigenvalue weighted by molar-refractivity contribution is -0.122. The Labute approximate surface area is 206 Å². The number of hydrogen-bond donors (Lipinski definition) is 1. The predicted octanol–water partition coefficient (Wildman–Crippen LogP) is 6.07. The molecular formula is C28H24N2O4S. The molecule has 1 aliphatic rings. The predicted molar refractivity (Wildman–Crippen MR) is 137 cm³/mol. The van der Waals surface area contributed by atoms with Crippen LogP contribution in [0.2, 0.25) is 0 Å². The van der Waals surface area contributed by atoms with E-state index in [1.807, 2.05) is 37.3 Å². The minimum absolute atomic E-state index is 0.00267. The molecule has 6 nitrogen and oxygen atoms in total. The zero-order valence-corrected chi connectivity index (χ0v) is 20.1. The first kappa shape index (κ1) is 22.9. The summed E-state index contributed by atoms with van der Waals surface area (Å²) in [7, 11) is 0. The number of nitrogens with zero attached hydrogens (tertiary/aromatic N) is 1. The molecule has 2 aromatic heterocycles. The molecule has 0 saturated carbocycles. The summed E-state index contributed by atoms with van der Waals surface area (Å²) in [5.74, 6) is -0.109. The van der Waals surface area contributed by atoms with Crippen LogP contribution >= 0.6 is 11.3 Å². The molecule has 0 radical (unpaired) electrons. The molecule has 0 bridgehead atoms. The van der Waals surface area contributed by atoms with Crippen molar-refractivity contribution in [2.75, 3.05) is 5.32 Å². The van der Waals surface area contributed by atoms with E-state index in [-0.39, 0.29) is 16.9 Å². The number of carbonyl (C=O) groups is 1. The summed E-state index contributed by atoms with van der Waals surface area (Å²) in [6.07, 6.45) is 3.32. The lowest BCUT2D eigenvalue weighted by Crippen LogP contribution is -2.34. The topological polar surface area (TPSA) is 92.3 Å². The number of carbonyl (C=O) groups excluding carboxylic acids is 1. The SMILES string of the molecule is CCC(Oc1c(-c2ccccc2)oc2ccccc2c1=O)C(=O)Nc1sc2c(c1C#N)CCCC2. The van der Waals surface area contributed by atoms with Crippen LogP contribution in [0.1, 0.15) is 42.2 Å². The third-order valence-electron chi connectivity index (χ3n) is 6.24. The molecule has 176 valence electrons. The van der Waals surface area contributed by atoms with Gasteiger partial charge in [-0.2, -0.15) is 5.26 Å². The maximum Gasteiger partial charge on any atom is 0.266 e. The van der Waals surface area contributed by atoms with E-state index < -0.39 is 12.0 Å². The third kappa shape index (κ3) is 4.33. The van der Waals surface area contributed by atoms with Crippen molar-refractivity contribution in [3.63, 3.8) is 0 Å². The summed E-state index contributed by atoms with van der Waals surface area (Å²) in [4.78, 5) is 27.9. The fourth-order valence-electron chi connectivity index (χ4n) is 4.44. The second-order valence-corrected chi connectivity index (χ2v) is 9.59. The Hall–Kier alpha value is -3.89. The van der Waals surface area contributed by atoms with E-state index in [1.54, 1.807) is 24.3 Å². The maximum atomic E-state index is 13.4. The molecule has 1 aliphatic carbocycles. The van der Waals surface area contributed by atoms with Gasteiger partial charge in [-0.1, -0.05) is 49.4 Å². The zero-order valence-electron chi connectivity index (χ0n) is 19.3. The second-order valence-electron chi connectivity index (χ2n) is 8.48. The third-order valence-corrected chi connectivity index (χ3v) is 7.44. The van der Waals surface area contributed by atoms with Crippen LogP contribution in [0.5, 0.6) is 5.75 Å². The van der Waals surface area contributed by atoms with E-state index in [9.17, 15) is 14.9 Å². The van der Waals surface area contributed by atoms with Crippen molar-refractivity contribution in [1.82, 2.24) is 0 Å². The minimum atomic E-state index is -0.938. The van der Waals surface area contributed by atoms with Crippen molar-refractivity contribution in [3.05, 3.63) is 80.8 Å². The number of thiophene rings is 1. The van der Waals surface area contributed by atoms with Crippen LogP contribution in [0.25, 0.3) is 22.3 Å². The number of aryl methyl sites for hydroxylation is 1. The molecule has 1 N–H and O–H groups in total. The highest BCUT2D eigenvalue weighted by atomic mass is 32.1. The Balaban J connectivity index is 1.51. The smallest absolute Gasteiger partial charge is 0.266 e. The summed E-state index contributed by atoms with van der Waals surface area (Å²) in [5.41, 5.74) is 2.39. The van der Waals surface area contributed by atoms with E-state index in [0.29, 0.717) is 33.5 Å². The first-order valence-electron chi connectivity index (χ1n) is 11.7. The number of rotatable bonds is 6. The average Bonchev–Trinajstić information content (AvgIpc) is 3.25. The van der Waals surface area contributed by atoms with E-state index in [0.717, 1.165) is 31.2 Å². The number of nitriles is 1. The van der Waals surface area contributed by atoms with Crippen LogP contribution in [0.3, 0.4) is 0 Å². The number of fused-ring (bicyclic) bond motifs is 2. The van der Waals surface area contributed by atoms with Crippen molar-refractivity contribution >= 4 is 33.2 Å². The fraction of sp³-hybridized carbons (Fsp3) is 0.250. The van der Waals surface area contributed by atoms with Crippen molar-refractivity contribution in [3.8, 4) is 23.1 Å². The lowest BCUT2D eigenvalue weighted by Gasteiger charge is -2.18. The molecule has 2 aromatic carbocycles. The number of anilines is 1. The Morgan fingerprint density at radius 3 is 2.66 bits per heavy atom. The van der Waals surface area contributed by atoms with Crippen LogP contribution in [0, 0.1) is 11.3 Å². The van der Waals surface area contributed by atoms with Gasteiger partial charge in [0.25, 0.3) is 5.91 Å². The van der Waals surface area contributed by atoms with E-state index >= 15 is 0 Å². The quantitative estimate of drug-likeness (QED) is 0.359. The molecule has 2 heterocycles. The van der Waals surface area contributed by atoms with Crippen molar-refractivity contribution in [1.29, 1.82) is 5.26 Å². The first-order chi connectivity index (χ1) is 17.1. The van der Waals surface area contributed by atoms with Gasteiger partial charge in [-0.05, 0) is 49.8 Å². The summed E-state index contributed by atoms with van der Waals surface area (Å²) in [6.45, 7) is 1.82. The zero-order chi connectivity index (χ0) is 24.4. The van der Waals surface area contributed by atoms with Crippen LogP contribution in [0.4, 0.5) is 5.00 Å². The molecule has 0 fully saturated rings. The van der Waals surface area contributed by atoms with Crippen LogP contribution in [0.15, 0.2) is 63.8 Å². The van der Waals surface area contributed by atoms with Gasteiger partial charge in [0.1, 0.15) is 16.7 Å². The minimum Gasteiger partial charge on any atom is -0.473 e. The number of ether oxygens (including phenoxy) is 1. The number of hydrogen-bond acceptors (Lipinski definition) is 6. The lowest BCUT2D eigenvalue weighted by atomic mass is 9.96. The number of benzene rings is 2. The second kappa shape index (κ2) is 9.77. The van der Waals surface area contributed by atoms with Gasteiger partial charge in [0.15, 0.2) is 11.9 Å². The standard InChI is InChI=1S/C28H24N2O4S/c1-2-21(27(32)30-28-20(16-29)18-12-7-9-15-23(18)35-28)33-26-24(31)19-13-6-8-14-22(19)34-25(26)17-10-4-3-5-11-17/h3-6,8,10-11,13-14,21H,2,7,9,12,15H2,1H3,(H,30,32). The molecule has 5 rings (SSSR count). The summed E-state index contributed by atoms with van der Waals surface area (Å²) in [5, 5.41) is 13.6. The van der Waals surface area contributed by atoms with Gasteiger partial charge >= 0.3 is 0 Å². The van der Waals surface area contributed by atoms with Gasteiger partial charge in [-0.3, -0.25) is 9.59 Å². The van der Waals surface area contributed by atoms with Crippen molar-refractivity contribution in [2.24, 2.45) is 0 Å². The fourth-order valence-corrected chi connectivity index (χ4v) is 5.68. The Morgan fingerprint density at radius 2 is 1.89 bits per heavy atom. The van der Waals surface area contributed by atoms with Crippen molar-refractivity contribution < 1.29 is 13.9 Å². The molecule has 1 unspecified atom stereocenters. The highest BCUT2D eigenvalue weighted by molar-refractivity contribution is 7.16. The molecule has 0 aliphatic heterocycles. The maximum absolute atomic E-state index is 13.4. The highest BCUT2D eigenvalue weighted by Gasteiger charge is 2.27. The Kier molecular flexibility index (Phi) is 6.39. The monoisotopic (exact) mass is 484 g/mol. The van der Waals surface area contributed by atoms with Crippen molar-refractivity contribution in [2.45, 2.75) is 45.1 Å². The average molecular weight is 485 g/mol. The summed E-state index contributed by atoms with van der Waals surface area (Å²) in [6, 6.07) is 18.5.